The molecule has 0 unspecified atom stereocenters. The molecule has 7 heteroatoms. The highest BCUT2D eigenvalue weighted by Gasteiger charge is 2.17. The molecule has 0 saturated heterocycles. The van der Waals surface area contributed by atoms with Crippen molar-refractivity contribution in [2.45, 2.75) is 19.6 Å². The van der Waals surface area contributed by atoms with Gasteiger partial charge in [0.15, 0.2) is 0 Å². The highest BCUT2D eigenvalue weighted by atomic mass is 15.2. The quantitative estimate of drug-likeness (QED) is 0.414. The molecule has 0 aliphatic carbocycles. The van der Waals surface area contributed by atoms with E-state index < -0.39 is 0 Å². The first-order valence-electron chi connectivity index (χ1n) is 10.7. The lowest BCUT2D eigenvalue weighted by atomic mass is 10.3. The summed E-state index contributed by atoms with van der Waals surface area (Å²) < 4.78 is 2.17. The smallest absolute Gasteiger partial charge is 0.123 e. The summed E-state index contributed by atoms with van der Waals surface area (Å²) in [6, 6.07) is 24.5. The highest BCUT2D eigenvalue weighted by molar-refractivity contribution is 5.76. The number of rotatable bonds is 6. The minimum atomic E-state index is 0.662. The van der Waals surface area contributed by atoms with Crippen LogP contribution in [0.1, 0.15) is 17.5 Å². The summed E-state index contributed by atoms with van der Waals surface area (Å²) in [5.41, 5.74) is 6.21. The summed E-state index contributed by atoms with van der Waals surface area (Å²) in [4.78, 5) is 23.7. The van der Waals surface area contributed by atoms with Crippen LogP contribution in [-0.4, -0.2) is 34.4 Å². The molecule has 0 bridgehead atoms. The molecule has 0 aliphatic heterocycles. The van der Waals surface area contributed by atoms with Gasteiger partial charge in [0.2, 0.25) is 0 Å². The van der Waals surface area contributed by atoms with Crippen LogP contribution in [0.3, 0.4) is 0 Å². The van der Waals surface area contributed by atoms with Crippen molar-refractivity contribution >= 4 is 33.1 Å². The normalized spacial score (nSPS) is 11.9. The molecular weight excluding hydrogens is 398 g/mol. The molecule has 158 valence electrons. The second-order valence-corrected chi connectivity index (χ2v) is 8.12. The largest absolute Gasteiger partial charge is 0.341 e. The predicted molar refractivity (Wildman–Crippen MR) is 126 cm³/mol. The standard InChI is InChI=1S/C25H23N7/c1-31-22-13-7-6-12-21(22)30-25(31)16-32(14-23-26-17-8-2-3-9-18(17)27-23)15-24-28-19-10-4-5-11-20(19)29-24/h2-13H,14-16H2,1H3,(H,26,27)(H,28,29). The van der Waals surface area contributed by atoms with Gasteiger partial charge in [-0.05, 0) is 36.4 Å². The fourth-order valence-electron chi connectivity index (χ4n) is 4.29. The maximum Gasteiger partial charge on any atom is 0.123 e. The van der Waals surface area contributed by atoms with Gasteiger partial charge < -0.3 is 14.5 Å². The summed E-state index contributed by atoms with van der Waals surface area (Å²) in [5.74, 6) is 2.88. The van der Waals surface area contributed by atoms with Gasteiger partial charge in [0, 0.05) is 7.05 Å². The lowest BCUT2D eigenvalue weighted by Gasteiger charge is -2.20. The van der Waals surface area contributed by atoms with E-state index in [1.165, 1.54) is 0 Å². The van der Waals surface area contributed by atoms with Crippen LogP contribution in [-0.2, 0) is 26.7 Å². The summed E-state index contributed by atoms with van der Waals surface area (Å²) in [5, 5.41) is 0. The maximum atomic E-state index is 4.88. The zero-order valence-corrected chi connectivity index (χ0v) is 17.8. The van der Waals surface area contributed by atoms with Gasteiger partial charge in [0.1, 0.15) is 17.5 Å². The Bertz CT molecular complexity index is 1400. The third-order valence-corrected chi connectivity index (χ3v) is 5.87. The van der Waals surface area contributed by atoms with Crippen LogP contribution in [0.4, 0.5) is 0 Å². The monoisotopic (exact) mass is 421 g/mol. The molecule has 3 aromatic carbocycles. The highest BCUT2D eigenvalue weighted by Crippen LogP contribution is 2.19. The van der Waals surface area contributed by atoms with E-state index in [2.05, 4.69) is 50.7 Å². The molecule has 2 N–H and O–H groups in total. The van der Waals surface area contributed by atoms with Crippen molar-refractivity contribution in [3.8, 4) is 0 Å². The predicted octanol–water partition coefficient (Wildman–Crippen LogP) is 4.53. The van der Waals surface area contributed by atoms with Crippen molar-refractivity contribution in [2.24, 2.45) is 7.05 Å². The SMILES string of the molecule is Cn1c(CN(Cc2nc3ccccc3[nH]2)Cc2nc3ccccc3[nH]2)nc2ccccc21. The summed E-state index contributed by atoms with van der Waals surface area (Å²) in [6.45, 7) is 2.00. The Kier molecular flexibility index (Phi) is 4.47. The van der Waals surface area contributed by atoms with Gasteiger partial charge in [-0.25, -0.2) is 15.0 Å². The number of aryl methyl sites for hydroxylation is 1. The van der Waals surface area contributed by atoms with E-state index in [0.717, 1.165) is 50.6 Å². The Hall–Kier alpha value is -3.97. The van der Waals surface area contributed by atoms with Crippen LogP contribution in [0.2, 0.25) is 0 Å². The van der Waals surface area contributed by atoms with Crippen molar-refractivity contribution in [2.75, 3.05) is 0 Å². The average Bonchev–Trinajstić information content (AvgIpc) is 3.48. The average molecular weight is 422 g/mol. The number of H-pyrrole nitrogens is 2. The lowest BCUT2D eigenvalue weighted by molar-refractivity contribution is 0.229. The molecule has 3 aromatic heterocycles. The van der Waals surface area contributed by atoms with Crippen molar-refractivity contribution in [3.05, 3.63) is 90.3 Å². The molecule has 0 saturated carbocycles. The minimum absolute atomic E-state index is 0.662. The van der Waals surface area contributed by atoms with Gasteiger partial charge in [-0.3, -0.25) is 4.90 Å². The number of fused-ring (bicyclic) bond motifs is 3. The molecule has 0 spiro atoms. The first kappa shape index (κ1) is 18.8. The molecule has 0 amide bonds. The van der Waals surface area contributed by atoms with Crippen molar-refractivity contribution in [3.63, 3.8) is 0 Å². The van der Waals surface area contributed by atoms with Crippen LogP contribution in [0, 0.1) is 0 Å². The number of para-hydroxylation sites is 6. The first-order valence-corrected chi connectivity index (χ1v) is 10.7. The molecule has 0 aliphatic rings. The van der Waals surface area contributed by atoms with Crippen molar-refractivity contribution in [1.29, 1.82) is 0 Å². The Balaban J connectivity index is 1.34. The number of imidazole rings is 3. The fourth-order valence-corrected chi connectivity index (χ4v) is 4.29. The molecule has 32 heavy (non-hydrogen) atoms. The van der Waals surface area contributed by atoms with Crippen LogP contribution in [0.25, 0.3) is 33.1 Å². The number of benzene rings is 3. The summed E-state index contributed by atoms with van der Waals surface area (Å²) in [7, 11) is 2.07. The molecule has 7 nitrogen and oxygen atoms in total. The van der Waals surface area contributed by atoms with Gasteiger partial charge >= 0.3 is 0 Å². The van der Waals surface area contributed by atoms with E-state index in [0.29, 0.717) is 19.6 Å². The minimum Gasteiger partial charge on any atom is -0.341 e. The van der Waals surface area contributed by atoms with Gasteiger partial charge in [0.25, 0.3) is 0 Å². The third-order valence-electron chi connectivity index (χ3n) is 5.87. The Morgan fingerprint density at radius 1 is 0.656 bits per heavy atom. The Labute approximate surface area is 184 Å². The van der Waals surface area contributed by atoms with E-state index >= 15 is 0 Å². The zero-order chi connectivity index (χ0) is 21.5. The third kappa shape index (κ3) is 3.42. The Morgan fingerprint density at radius 3 is 1.75 bits per heavy atom. The van der Waals surface area contributed by atoms with E-state index in [1.54, 1.807) is 0 Å². The van der Waals surface area contributed by atoms with Crippen LogP contribution >= 0.6 is 0 Å². The van der Waals surface area contributed by atoms with Gasteiger partial charge in [-0.2, -0.15) is 0 Å². The molecule has 0 atom stereocenters. The van der Waals surface area contributed by atoms with E-state index in [1.807, 2.05) is 48.5 Å². The second-order valence-electron chi connectivity index (χ2n) is 8.12. The number of hydrogen-bond acceptors (Lipinski definition) is 4. The molecule has 0 radical (unpaired) electrons. The van der Waals surface area contributed by atoms with Gasteiger partial charge in [-0.15, -0.1) is 0 Å². The van der Waals surface area contributed by atoms with Gasteiger partial charge in [0.05, 0.1) is 52.7 Å². The number of aromatic nitrogens is 6. The van der Waals surface area contributed by atoms with E-state index in [-0.39, 0.29) is 0 Å². The number of nitrogens with one attached hydrogen (secondary N) is 2. The fraction of sp³-hybridized carbons (Fsp3) is 0.160. The van der Waals surface area contributed by atoms with Crippen molar-refractivity contribution < 1.29 is 0 Å². The molecule has 0 fully saturated rings. The topological polar surface area (TPSA) is 78.4 Å². The molecular formula is C25H23N7. The zero-order valence-electron chi connectivity index (χ0n) is 17.8. The molecule has 6 aromatic rings. The van der Waals surface area contributed by atoms with E-state index in [4.69, 9.17) is 15.0 Å². The van der Waals surface area contributed by atoms with Crippen LogP contribution in [0.5, 0.6) is 0 Å². The first-order chi connectivity index (χ1) is 15.7. The Morgan fingerprint density at radius 2 is 1.19 bits per heavy atom. The van der Waals surface area contributed by atoms with Gasteiger partial charge in [-0.1, -0.05) is 36.4 Å². The van der Waals surface area contributed by atoms with Crippen molar-refractivity contribution in [1.82, 2.24) is 34.4 Å². The van der Waals surface area contributed by atoms with Crippen LogP contribution in [0.15, 0.2) is 72.8 Å². The summed E-state index contributed by atoms with van der Waals surface area (Å²) in [6.07, 6.45) is 0. The number of nitrogens with zero attached hydrogens (tertiary/aromatic N) is 5. The second kappa shape index (κ2) is 7.62. The summed E-state index contributed by atoms with van der Waals surface area (Å²) >= 11 is 0. The van der Waals surface area contributed by atoms with Crippen LogP contribution < -0.4 is 0 Å². The number of hydrogen-bond donors (Lipinski definition) is 2. The molecule has 3 heterocycles. The maximum absolute atomic E-state index is 4.88. The lowest BCUT2D eigenvalue weighted by Crippen LogP contribution is -2.25. The molecule has 6 rings (SSSR count). The number of aromatic amines is 2. The van der Waals surface area contributed by atoms with E-state index in [9.17, 15) is 0 Å².